The van der Waals surface area contributed by atoms with Gasteiger partial charge in [0.15, 0.2) is 9.84 Å². The fourth-order valence-electron chi connectivity index (χ4n) is 3.01. The molecule has 104 valence electrons. The zero-order valence-corrected chi connectivity index (χ0v) is 11.4. The van der Waals surface area contributed by atoms with Crippen molar-refractivity contribution >= 4 is 15.7 Å². The molecule has 0 aromatic rings. The van der Waals surface area contributed by atoms with Gasteiger partial charge in [0.05, 0.1) is 17.0 Å². The van der Waals surface area contributed by atoms with Crippen molar-refractivity contribution < 1.29 is 13.2 Å². The Morgan fingerprint density at radius 1 is 1.33 bits per heavy atom. The van der Waals surface area contributed by atoms with E-state index in [2.05, 4.69) is 4.90 Å². The Labute approximate surface area is 108 Å². The molecule has 0 bridgehead atoms. The lowest BCUT2D eigenvalue weighted by Crippen LogP contribution is -2.51. The second-order valence-electron chi connectivity index (χ2n) is 5.64. The summed E-state index contributed by atoms with van der Waals surface area (Å²) in [5.74, 6) is 0.0179. The molecular formula is C11H21N3O3S. The number of nitrogens with zero attached hydrogens (tertiary/aromatic N) is 1. The van der Waals surface area contributed by atoms with Crippen LogP contribution >= 0.6 is 0 Å². The molecule has 3 atom stereocenters. The monoisotopic (exact) mass is 275 g/mol. The molecule has 2 rings (SSSR count). The van der Waals surface area contributed by atoms with Crippen molar-refractivity contribution in [2.75, 3.05) is 18.6 Å². The Hall–Kier alpha value is -0.660. The Morgan fingerprint density at radius 2 is 2.00 bits per heavy atom. The van der Waals surface area contributed by atoms with Crippen molar-refractivity contribution in [3.8, 4) is 0 Å². The molecule has 18 heavy (non-hydrogen) atoms. The van der Waals surface area contributed by atoms with Crippen LogP contribution in [0.15, 0.2) is 0 Å². The third-order valence-corrected chi connectivity index (χ3v) is 6.12. The van der Waals surface area contributed by atoms with Gasteiger partial charge < -0.3 is 11.5 Å². The molecule has 1 aliphatic heterocycles. The van der Waals surface area contributed by atoms with Crippen LogP contribution in [-0.4, -0.2) is 55.4 Å². The molecule has 2 aliphatic rings. The summed E-state index contributed by atoms with van der Waals surface area (Å²) in [6.07, 6.45) is 2.57. The van der Waals surface area contributed by atoms with Gasteiger partial charge in [-0.3, -0.25) is 9.69 Å². The summed E-state index contributed by atoms with van der Waals surface area (Å²) in [7, 11) is -0.960. The lowest BCUT2D eigenvalue weighted by atomic mass is 9.98. The number of hydrogen-bond donors (Lipinski definition) is 2. The molecule has 1 aliphatic carbocycles. The summed E-state index contributed by atoms with van der Waals surface area (Å²) >= 11 is 0. The van der Waals surface area contributed by atoms with E-state index >= 15 is 0 Å². The van der Waals surface area contributed by atoms with E-state index in [-0.39, 0.29) is 23.6 Å². The molecule has 1 saturated heterocycles. The van der Waals surface area contributed by atoms with Gasteiger partial charge in [-0.05, 0) is 32.7 Å². The third kappa shape index (κ3) is 2.53. The molecule has 3 unspecified atom stereocenters. The van der Waals surface area contributed by atoms with Gasteiger partial charge in [-0.2, -0.15) is 0 Å². The number of hydrogen-bond acceptors (Lipinski definition) is 5. The summed E-state index contributed by atoms with van der Waals surface area (Å²) in [5.41, 5.74) is 10.4. The zero-order chi connectivity index (χ0) is 13.6. The largest absolute Gasteiger partial charge is 0.368 e. The van der Waals surface area contributed by atoms with Crippen LogP contribution in [0.3, 0.4) is 0 Å². The Balaban J connectivity index is 2.00. The Morgan fingerprint density at radius 3 is 2.44 bits per heavy atom. The summed E-state index contributed by atoms with van der Waals surface area (Å²) < 4.78 is 22.9. The van der Waals surface area contributed by atoms with Gasteiger partial charge in [0, 0.05) is 12.1 Å². The van der Waals surface area contributed by atoms with E-state index in [9.17, 15) is 13.2 Å². The predicted molar refractivity (Wildman–Crippen MR) is 68.6 cm³/mol. The van der Waals surface area contributed by atoms with Gasteiger partial charge in [0.1, 0.15) is 0 Å². The summed E-state index contributed by atoms with van der Waals surface area (Å²) in [4.78, 5) is 13.4. The third-order valence-electron chi connectivity index (χ3n) is 4.37. The standard InChI is InChI=1S/C11H21N3O3S/c1-14(9-3-5-18(16,17)7-9)8-2-4-11(13,6-8)10(12)15/h8-9H,2-7,13H2,1H3,(H2,12,15). The molecule has 0 spiro atoms. The van der Waals surface area contributed by atoms with Crippen molar-refractivity contribution in [2.24, 2.45) is 11.5 Å². The maximum Gasteiger partial charge on any atom is 0.237 e. The highest BCUT2D eigenvalue weighted by Gasteiger charge is 2.44. The van der Waals surface area contributed by atoms with E-state index in [1.54, 1.807) is 0 Å². The van der Waals surface area contributed by atoms with Crippen molar-refractivity contribution in [1.82, 2.24) is 4.90 Å². The van der Waals surface area contributed by atoms with Gasteiger partial charge in [0.2, 0.25) is 5.91 Å². The zero-order valence-electron chi connectivity index (χ0n) is 10.6. The highest BCUT2D eigenvalue weighted by Crippen LogP contribution is 2.33. The Bertz CT molecular complexity index is 450. The molecule has 0 radical (unpaired) electrons. The molecule has 1 amide bonds. The minimum absolute atomic E-state index is 0.0511. The molecule has 0 aromatic heterocycles. The fourth-order valence-corrected chi connectivity index (χ4v) is 4.80. The molecule has 7 heteroatoms. The van der Waals surface area contributed by atoms with Gasteiger partial charge >= 0.3 is 0 Å². The van der Waals surface area contributed by atoms with Crippen LogP contribution in [0, 0.1) is 0 Å². The minimum atomic E-state index is -2.88. The van der Waals surface area contributed by atoms with E-state index in [0.717, 1.165) is 6.42 Å². The van der Waals surface area contributed by atoms with E-state index in [0.29, 0.717) is 19.3 Å². The molecule has 0 aromatic carbocycles. The number of sulfone groups is 1. The molecular weight excluding hydrogens is 254 g/mol. The summed E-state index contributed by atoms with van der Waals surface area (Å²) in [6.45, 7) is 0. The van der Waals surface area contributed by atoms with Crippen molar-refractivity contribution in [3.63, 3.8) is 0 Å². The summed E-state index contributed by atoms with van der Waals surface area (Å²) in [6, 6.07) is 0.205. The van der Waals surface area contributed by atoms with Crippen molar-refractivity contribution in [2.45, 2.75) is 43.3 Å². The molecule has 1 saturated carbocycles. The first-order valence-electron chi connectivity index (χ1n) is 6.25. The lowest BCUT2D eigenvalue weighted by Gasteiger charge is -2.30. The minimum Gasteiger partial charge on any atom is -0.368 e. The maximum atomic E-state index is 11.5. The Kier molecular flexibility index (Phi) is 3.42. The number of carbonyl (C=O) groups excluding carboxylic acids is 1. The maximum absolute atomic E-state index is 11.5. The fraction of sp³-hybridized carbons (Fsp3) is 0.909. The van der Waals surface area contributed by atoms with Gasteiger partial charge in [0.25, 0.3) is 0 Å². The van der Waals surface area contributed by atoms with E-state index in [1.165, 1.54) is 0 Å². The first-order chi connectivity index (χ1) is 8.23. The van der Waals surface area contributed by atoms with Crippen LogP contribution in [0.1, 0.15) is 25.7 Å². The molecule has 1 heterocycles. The van der Waals surface area contributed by atoms with Crippen LogP contribution in [0.4, 0.5) is 0 Å². The second kappa shape index (κ2) is 4.47. The quantitative estimate of drug-likeness (QED) is 0.676. The van der Waals surface area contributed by atoms with Crippen LogP contribution < -0.4 is 11.5 Å². The van der Waals surface area contributed by atoms with Gasteiger partial charge in [-0.25, -0.2) is 8.42 Å². The lowest BCUT2D eigenvalue weighted by molar-refractivity contribution is -0.123. The number of nitrogens with two attached hydrogens (primary N) is 2. The number of carbonyl (C=O) groups is 1. The topological polar surface area (TPSA) is 106 Å². The highest BCUT2D eigenvalue weighted by molar-refractivity contribution is 7.91. The molecule has 6 nitrogen and oxygen atoms in total. The summed E-state index contributed by atoms with van der Waals surface area (Å²) in [5, 5.41) is 0. The van der Waals surface area contributed by atoms with E-state index < -0.39 is 21.3 Å². The highest BCUT2D eigenvalue weighted by atomic mass is 32.2. The van der Waals surface area contributed by atoms with Crippen LogP contribution in [0.25, 0.3) is 0 Å². The van der Waals surface area contributed by atoms with Crippen LogP contribution in [0.5, 0.6) is 0 Å². The predicted octanol–water partition coefficient (Wildman–Crippen LogP) is -1.16. The first-order valence-corrected chi connectivity index (χ1v) is 8.07. The van der Waals surface area contributed by atoms with Gasteiger partial charge in [-0.15, -0.1) is 0 Å². The smallest absolute Gasteiger partial charge is 0.237 e. The average Bonchev–Trinajstić information content (AvgIpc) is 2.82. The van der Waals surface area contributed by atoms with Gasteiger partial charge in [-0.1, -0.05) is 0 Å². The number of amides is 1. The van der Waals surface area contributed by atoms with Crippen LogP contribution in [-0.2, 0) is 14.6 Å². The van der Waals surface area contributed by atoms with Crippen LogP contribution in [0.2, 0.25) is 0 Å². The molecule has 4 N–H and O–H groups in total. The van der Waals surface area contributed by atoms with E-state index in [1.807, 2.05) is 7.05 Å². The SMILES string of the molecule is CN(C1CCC(N)(C(N)=O)C1)C1CCS(=O)(=O)C1. The first kappa shape index (κ1) is 13.8. The second-order valence-corrected chi connectivity index (χ2v) is 7.87. The van der Waals surface area contributed by atoms with Crippen molar-refractivity contribution in [3.05, 3.63) is 0 Å². The normalized spacial score (nSPS) is 39.3. The van der Waals surface area contributed by atoms with E-state index in [4.69, 9.17) is 11.5 Å². The average molecular weight is 275 g/mol. The number of rotatable bonds is 3. The van der Waals surface area contributed by atoms with Crippen molar-refractivity contribution in [1.29, 1.82) is 0 Å². The molecule has 2 fully saturated rings. The number of primary amides is 1.